The SMILES string of the molecule is O=C(O)c1cccnc1CCC1CC1. The Labute approximate surface area is 82.8 Å². The lowest BCUT2D eigenvalue weighted by atomic mass is 10.1. The summed E-state index contributed by atoms with van der Waals surface area (Å²) in [5.74, 6) is -0.0532. The summed E-state index contributed by atoms with van der Waals surface area (Å²) in [7, 11) is 0. The van der Waals surface area contributed by atoms with Crippen LogP contribution in [0, 0.1) is 5.92 Å². The number of rotatable bonds is 4. The van der Waals surface area contributed by atoms with Crippen LogP contribution in [0.1, 0.15) is 35.3 Å². The van der Waals surface area contributed by atoms with Crippen molar-refractivity contribution < 1.29 is 9.90 Å². The second kappa shape index (κ2) is 3.78. The second-order valence-electron chi connectivity index (χ2n) is 3.78. The van der Waals surface area contributed by atoms with E-state index in [1.165, 1.54) is 12.8 Å². The van der Waals surface area contributed by atoms with Gasteiger partial charge in [0.05, 0.1) is 11.3 Å². The van der Waals surface area contributed by atoms with E-state index in [1.54, 1.807) is 18.3 Å². The summed E-state index contributed by atoms with van der Waals surface area (Å²) >= 11 is 0. The van der Waals surface area contributed by atoms with E-state index in [9.17, 15) is 4.79 Å². The Bertz CT molecular complexity index is 345. The molecule has 0 bridgehead atoms. The molecule has 1 saturated carbocycles. The number of carbonyl (C=O) groups is 1. The van der Waals surface area contributed by atoms with Crippen LogP contribution in [0.25, 0.3) is 0 Å². The van der Waals surface area contributed by atoms with E-state index in [2.05, 4.69) is 4.98 Å². The molecule has 0 radical (unpaired) electrons. The molecule has 2 rings (SSSR count). The van der Waals surface area contributed by atoms with Gasteiger partial charge in [-0.25, -0.2) is 4.79 Å². The molecule has 0 atom stereocenters. The molecule has 0 aromatic carbocycles. The summed E-state index contributed by atoms with van der Waals surface area (Å²) in [6.45, 7) is 0. The van der Waals surface area contributed by atoms with E-state index in [0.717, 1.165) is 24.5 Å². The van der Waals surface area contributed by atoms with Crippen molar-refractivity contribution in [2.75, 3.05) is 0 Å². The van der Waals surface area contributed by atoms with Gasteiger partial charge in [0.15, 0.2) is 0 Å². The molecule has 1 aliphatic carbocycles. The van der Waals surface area contributed by atoms with E-state index in [4.69, 9.17) is 5.11 Å². The third kappa shape index (κ3) is 2.10. The summed E-state index contributed by atoms with van der Waals surface area (Å²) in [4.78, 5) is 15.0. The average Bonchev–Trinajstić information content (AvgIpc) is 2.98. The first-order valence-corrected chi connectivity index (χ1v) is 4.94. The molecular formula is C11H13NO2. The topological polar surface area (TPSA) is 50.2 Å². The van der Waals surface area contributed by atoms with Crippen LogP contribution in [-0.4, -0.2) is 16.1 Å². The van der Waals surface area contributed by atoms with Gasteiger partial charge in [0.25, 0.3) is 0 Å². The third-order valence-electron chi connectivity index (χ3n) is 2.61. The molecule has 1 aromatic heterocycles. The standard InChI is InChI=1S/C11H13NO2/c13-11(14)9-2-1-7-12-10(9)6-5-8-3-4-8/h1-2,7-8H,3-6H2,(H,13,14). The number of hydrogen-bond acceptors (Lipinski definition) is 2. The van der Waals surface area contributed by atoms with Crippen LogP contribution in [0.3, 0.4) is 0 Å². The predicted molar refractivity (Wildman–Crippen MR) is 52.2 cm³/mol. The Morgan fingerprint density at radius 2 is 2.36 bits per heavy atom. The van der Waals surface area contributed by atoms with Crippen LogP contribution >= 0.6 is 0 Å². The Kier molecular flexibility index (Phi) is 2.48. The maximum Gasteiger partial charge on any atom is 0.337 e. The predicted octanol–water partition coefficient (Wildman–Crippen LogP) is 2.12. The van der Waals surface area contributed by atoms with Gasteiger partial charge in [-0.05, 0) is 30.9 Å². The molecule has 0 unspecified atom stereocenters. The molecule has 0 spiro atoms. The molecular weight excluding hydrogens is 178 g/mol. The summed E-state index contributed by atoms with van der Waals surface area (Å²) in [5, 5.41) is 8.91. The highest BCUT2D eigenvalue weighted by molar-refractivity contribution is 5.88. The first kappa shape index (κ1) is 9.19. The van der Waals surface area contributed by atoms with Crippen LogP contribution in [0.2, 0.25) is 0 Å². The fourth-order valence-electron chi connectivity index (χ4n) is 1.58. The normalized spacial score (nSPS) is 15.4. The summed E-state index contributed by atoms with van der Waals surface area (Å²) < 4.78 is 0. The first-order chi connectivity index (χ1) is 6.77. The summed E-state index contributed by atoms with van der Waals surface area (Å²) in [6, 6.07) is 3.29. The van der Waals surface area contributed by atoms with E-state index in [1.807, 2.05) is 0 Å². The van der Waals surface area contributed by atoms with Crippen LogP contribution in [0.4, 0.5) is 0 Å². The lowest BCUT2D eigenvalue weighted by Crippen LogP contribution is -2.04. The minimum absolute atomic E-state index is 0.355. The van der Waals surface area contributed by atoms with E-state index >= 15 is 0 Å². The van der Waals surface area contributed by atoms with Crippen molar-refractivity contribution in [1.29, 1.82) is 0 Å². The van der Waals surface area contributed by atoms with Crippen molar-refractivity contribution in [2.45, 2.75) is 25.7 Å². The van der Waals surface area contributed by atoms with Gasteiger partial charge < -0.3 is 5.11 Å². The van der Waals surface area contributed by atoms with Gasteiger partial charge in [0.1, 0.15) is 0 Å². The van der Waals surface area contributed by atoms with Crippen molar-refractivity contribution in [2.24, 2.45) is 5.92 Å². The number of aromatic carboxylic acids is 1. The van der Waals surface area contributed by atoms with Crippen molar-refractivity contribution in [3.8, 4) is 0 Å². The molecule has 1 aliphatic rings. The number of nitrogens with zero attached hydrogens (tertiary/aromatic N) is 1. The van der Waals surface area contributed by atoms with Gasteiger partial charge in [0, 0.05) is 6.20 Å². The smallest absolute Gasteiger partial charge is 0.337 e. The molecule has 3 heteroatoms. The number of aromatic nitrogens is 1. The molecule has 3 nitrogen and oxygen atoms in total. The fourth-order valence-corrected chi connectivity index (χ4v) is 1.58. The third-order valence-corrected chi connectivity index (χ3v) is 2.61. The lowest BCUT2D eigenvalue weighted by molar-refractivity contribution is 0.0695. The van der Waals surface area contributed by atoms with Gasteiger partial charge >= 0.3 is 5.97 Å². The van der Waals surface area contributed by atoms with Crippen molar-refractivity contribution in [1.82, 2.24) is 4.98 Å². The highest BCUT2D eigenvalue weighted by Gasteiger charge is 2.22. The van der Waals surface area contributed by atoms with Crippen molar-refractivity contribution in [3.63, 3.8) is 0 Å². The fraction of sp³-hybridized carbons (Fsp3) is 0.455. The number of pyridine rings is 1. The molecule has 74 valence electrons. The lowest BCUT2D eigenvalue weighted by Gasteiger charge is -2.03. The van der Waals surface area contributed by atoms with Gasteiger partial charge in [0.2, 0.25) is 0 Å². The number of hydrogen-bond donors (Lipinski definition) is 1. The highest BCUT2D eigenvalue weighted by atomic mass is 16.4. The molecule has 1 aromatic rings. The monoisotopic (exact) mass is 191 g/mol. The van der Waals surface area contributed by atoms with Crippen LogP contribution in [0.15, 0.2) is 18.3 Å². The van der Waals surface area contributed by atoms with E-state index in [-0.39, 0.29) is 0 Å². The second-order valence-corrected chi connectivity index (χ2v) is 3.78. The first-order valence-electron chi connectivity index (χ1n) is 4.94. The van der Waals surface area contributed by atoms with E-state index < -0.39 is 5.97 Å². The van der Waals surface area contributed by atoms with Crippen LogP contribution in [-0.2, 0) is 6.42 Å². The minimum Gasteiger partial charge on any atom is -0.478 e. The van der Waals surface area contributed by atoms with Crippen LogP contribution in [0.5, 0.6) is 0 Å². The molecule has 14 heavy (non-hydrogen) atoms. The molecule has 0 amide bonds. The Balaban J connectivity index is 2.09. The quantitative estimate of drug-likeness (QED) is 0.793. The highest BCUT2D eigenvalue weighted by Crippen LogP contribution is 2.33. The summed E-state index contributed by atoms with van der Waals surface area (Å²) in [5.41, 5.74) is 1.08. The molecule has 1 N–H and O–H groups in total. The van der Waals surface area contributed by atoms with Crippen molar-refractivity contribution in [3.05, 3.63) is 29.6 Å². The summed E-state index contributed by atoms with van der Waals surface area (Å²) in [6.07, 6.45) is 6.14. The van der Waals surface area contributed by atoms with Gasteiger partial charge in [-0.2, -0.15) is 0 Å². The zero-order chi connectivity index (χ0) is 9.97. The van der Waals surface area contributed by atoms with E-state index in [0.29, 0.717) is 5.56 Å². The maximum absolute atomic E-state index is 10.8. The van der Waals surface area contributed by atoms with Gasteiger partial charge in [-0.15, -0.1) is 0 Å². The zero-order valence-corrected chi connectivity index (χ0v) is 7.94. The molecule has 1 fully saturated rings. The Morgan fingerprint density at radius 1 is 1.57 bits per heavy atom. The zero-order valence-electron chi connectivity index (χ0n) is 7.94. The van der Waals surface area contributed by atoms with Crippen molar-refractivity contribution >= 4 is 5.97 Å². The maximum atomic E-state index is 10.8. The Morgan fingerprint density at radius 3 is 3.00 bits per heavy atom. The molecule has 1 heterocycles. The molecule has 0 saturated heterocycles. The number of carboxylic acid groups (broad SMARTS) is 1. The van der Waals surface area contributed by atoms with Crippen LogP contribution < -0.4 is 0 Å². The van der Waals surface area contributed by atoms with Gasteiger partial charge in [-0.3, -0.25) is 4.98 Å². The minimum atomic E-state index is -0.871. The number of carboxylic acids is 1. The van der Waals surface area contributed by atoms with Gasteiger partial charge in [-0.1, -0.05) is 12.8 Å². The Hall–Kier alpha value is -1.38. The molecule has 0 aliphatic heterocycles. The number of aryl methyl sites for hydroxylation is 1. The largest absolute Gasteiger partial charge is 0.478 e. The average molecular weight is 191 g/mol.